The fourth-order valence-electron chi connectivity index (χ4n) is 10.2. The number of piperazine rings is 1. The number of rotatable bonds is 19. The van der Waals surface area contributed by atoms with E-state index in [9.17, 15) is 28.8 Å². The second-order valence-electron chi connectivity index (χ2n) is 18.7. The Balaban J connectivity index is 0.699. The van der Waals surface area contributed by atoms with Gasteiger partial charge in [0, 0.05) is 82.6 Å². The van der Waals surface area contributed by atoms with Crippen molar-refractivity contribution >= 4 is 52.8 Å². The summed E-state index contributed by atoms with van der Waals surface area (Å²) in [5.41, 5.74) is 4.23. The summed E-state index contributed by atoms with van der Waals surface area (Å²) in [4.78, 5) is 99.8. The molecule has 1 unspecified atom stereocenters. The first-order chi connectivity index (χ1) is 33.5. The third-order valence-electron chi connectivity index (χ3n) is 14.0. The molecule has 0 spiro atoms. The summed E-state index contributed by atoms with van der Waals surface area (Å²) >= 11 is 0. The van der Waals surface area contributed by atoms with Crippen LogP contribution in [-0.2, 0) is 34.0 Å². The number of fused-ring (bicyclic) bond motifs is 2. The molecular formula is C49H62N14O6. The zero-order valence-corrected chi connectivity index (χ0v) is 39.8. The minimum absolute atomic E-state index is 0.00744. The maximum absolute atomic E-state index is 14.2. The molecule has 364 valence electrons. The van der Waals surface area contributed by atoms with E-state index < -0.39 is 29.7 Å². The van der Waals surface area contributed by atoms with Gasteiger partial charge >= 0.3 is 0 Å². The number of hydrogen-bond acceptors (Lipinski definition) is 15. The van der Waals surface area contributed by atoms with E-state index in [1.54, 1.807) is 29.4 Å². The van der Waals surface area contributed by atoms with Gasteiger partial charge in [0.25, 0.3) is 17.7 Å². The van der Waals surface area contributed by atoms with Crippen LogP contribution in [0.25, 0.3) is 11.5 Å². The van der Waals surface area contributed by atoms with Gasteiger partial charge in [-0.25, -0.2) is 9.97 Å². The molecule has 2 atom stereocenters. The number of hydrogen-bond donors (Lipinski definition) is 3. The summed E-state index contributed by atoms with van der Waals surface area (Å²) < 4.78 is 1.93. The molecule has 0 radical (unpaired) electrons. The number of benzene rings is 1. The lowest BCUT2D eigenvalue weighted by atomic mass is 10.0. The van der Waals surface area contributed by atoms with Crippen LogP contribution < -0.4 is 25.8 Å². The lowest BCUT2D eigenvalue weighted by molar-refractivity contribution is -0.136. The van der Waals surface area contributed by atoms with Gasteiger partial charge in [0.05, 0.1) is 35.5 Å². The van der Waals surface area contributed by atoms with Gasteiger partial charge < -0.3 is 29.9 Å². The third-order valence-corrected chi connectivity index (χ3v) is 14.0. The van der Waals surface area contributed by atoms with Gasteiger partial charge in [-0.15, -0.1) is 10.2 Å². The molecule has 0 bridgehead atoms. The van der Waals surface area contributed by atoms with Crippen LogP contribution >= 0.6 is 0 Å². The third kappa shape index (κ3) is 10.2. The van der Waals surface area contributed by atoms with Crippen molar-refractivity contribution in [2.45, 2.75) is 90.5 Å². The fraction of sp³-hybridized carbons (Fsp3) is 0.510. The van der Waals surface area contributed by atoms with Crippen molar-refractivity contribution in [3.05, 3.63) is 76.7 Å². The number of imide groups is 2. The first kappa shape index (κ1) is 47.4. The second-order valence-corrected chi connectivity index (χ2v) is 18.7. The Labute approximate surface area is 401 Å². The average molecular weight is 943 g/mol. The Morgan fingerprint density at radius 2 is 1.67 bits per heavy atom. The van der Waals surface area contributed by atoms with Gasteiger partial charge in [0.15, 0.2) is 5.82 Å². The maximum atomic E-state index is 14.2. The number of amides is 6. The SMILES string of the molecule is CCn1cnnc1-c1cccc(N2Cc3c(cc(N4CCC[C@H]4C)nc3CN(C)CCCN3CCN(CC(=O)NCCCCNc4cccc5c4C(=O)N(C4CCC(=O)NC4=O)C5=O)CC3)C2=O)n1. The standard InChI is InChI=1S/C49H62N14O6/c1-4-60-31-52-56-45(60)37-14-8-15-40(53-37)62-28-35-34(47(62)67)27-41(61-22-9-11-32(61)2)54-38(35)29-57(3)20-10-21-58-23-25-59(26-24-58)30-43(65)51-19-6-5-18-50-36-13-7-12-33-44(36)49(69)63(48(33)68)39-16-17-42(64)55-46(39)66/h7-8,12-15,27,31-32,39,50H,4-6,9-11,16-26,28-30H2,1-3H3,(H,51,65)(H,55,64,66)/t32-,39?/m1/s1. The highest BCUT2D eigenvalue weighted by Gasteiger charge is 2.45. The number of pyridine rings is 2. The maximum Gasteiger partial charge on any atom is 0.264 e. The molecule has 6 amide bonds. The van der Waals surface area contributed by atoms with Crippen LogP contribution in [0, 0.1) is 0 Å². The van der Waals surface area contributed by atoms with Gasteiger partial charge in [0.2, 0.25) is 17.7 Å². The topological polar surface area (TPSA) is 214 Å². The monoisotopic (exact) mass is 942 g/mol. The number of aromatic nitrogens is 5. The van der Waals surface area contributed by atoms with Crippen molar-refractivity contribution in [2.75, 3.05) is 87.6 Å². The summed E-state index contributed by atoms with van der Waals surface area (Å²) in [5, 5.41) is 16.9. The molecule has 8 heterocycles. The zero-order valence-electron chi connectivity index (χ0n) is 39.8. The van der Waals surface area contributed by atoms with Crippen molar-refractivity contribution in [1.82, 2.24) is 55.0 Å². The van der Waals surface area contributed by atoms with E-state index in [0.29, 0.717) is 73.9 Å². The highest BCUT2D eigenvalue weighted by atomic mass is 16.2. The highest BCUT2D eigenvalue weighted by molar-refractivity contribution is 6.25. The van der Waals surface area contributed by atoms with E-state index in [1.807, 2.05) is 35.8 Å². The van der Waals surface area contributed by atoms with Crippen LogP contribution in [0.4, 0.5) is 17.3 Å². The number of carbonyl (C=O) groups is 6. The van der Waals surface area contributed by atoms with Crippen molar-refractivity contribution in [2.24, 2.45) is 0 Å². The largest absolute Gasteiger partial charge is 0.384 e. The van der Waals surface area contributed by atoms with Crippen LogP contribution in [0.5, 0.6) is 0 Å². The Bertz CT molecular complexity index is 2610. The Hall–Kier alpha value is -6.64. The van der Waals surface area contributed by atoms with E-state index in [2.05, 4.69) is 59.7 Å². The molecule has 9 rings (SSSR count). The number of nitrogens with zero attached hydrogens (tertiary/aromatic N) is 11. The van der Waals surface area contributed by atoms with E-state index in [0.717, 1.165) is 99.9 Å². The quantitative estimate of drug-likeness (QED) is 0.0911. The van der Waals surface area contributed by atoms with Crippen molar-refractivity contribution in [3.63, 3.8) is 0 Å². The van der Waals surface area contributed by atoms with Crippen molar-refractivity contribution < 1.29 is 28.8 Å². The number of aryl methyl sites for hydroxylation is 1. The molecule has 5 aliphatic heterocycles. The highest BCUT2D eigenvalue weighted by Crippen LogP contribution is 2.35. The van der Waals surface area contributed by atoms with Crippen molar-refractivity contribution in [3.8, 4) is 11.5 Å². The normalized spacial score (nSPS) is 19.8. The molecule has 3 aromatic heterocycles. The summed E-state index contributed by atoms with van der Waals surface area (Å²) in [6, 6.07) is 12.0. The van der Waals surface area contributed by atoms with E-state index >= 15 is 0 Å². The molecule has 5 aliphatic rings. The number of carbonyl (C=O) groups excluding carboxylic acids is 6. The Morgan fingerprint density at radius 1 is 0.870 bits per heavy atom. The molecule has 0 aliphatic carbocycles. The van der Waals surface area contributed by atoms with Crippen LogP contribution in [0.1, 0.15) is 101 Å². The number of unbranched alkanes of at least 4 members (excludes halogenated alkanes) is 1. The molecule has 3 fully saturated rings. The van der Waals surface area contributed by atoms with Gasteiger partial charge in [-0.2, -0.15) is 0 Å². The zero-order chi connectivity index (χ0) is 48.2. The molecule has 3 N–H and O–H groups in total. The van der Waals surface area contributed by atoms with Gasteiger partial charge in [-0.3, -0.25) is 48.8 Å². The summed E-state index contributed by atoms with van der Waals surface area (Å²) in [7, 11) is 2.12. The molecular weight excluding hydrogens is 881 g/mol. The lowest BCUT2D eigenvalue weighted by Crippen LogP contribution is -2.54. The molecule has 20 nitrogen and oxygen atoms in total. The van der Waals surface area contributed by atoms with E-state index in [4.69, 9.17) is 9.97 Å². The molecule has 4 aromatic rings. The lowest BCUT2D eigenvalue weighted by Gasteiger charge is -2.34. The number of piperidine rings is 1. The molecule has 3 saturated heterocycles. The molecule has 20 heteroatoms. The average Bonchev–Trinajstić information content (AvgIpc) is 4.14. The molecule has 1 aromatic carbocycles. The smallest absolute Gasteiger partial charge is 0.264 e. The molecule has 0 saturated carbocycles. The fourth-order valence-corrected chi connectivity index (χ4v) is 10.2. The number of anilines is 3. The predicted octanol–water partition coefficient (Wildman–Crippen LogP) is 2.75. The summed E-state index contributed by atoms with van der Waals surface area (Å²) in [6.45, 7) is 13.5. The predicted molar refractivity (Wildman–Crippen MR) is 257 cm³/mol. The van der Waals surface area contributed by atoms with Gasteiger partial charge in [-0.05, 0) is 103 Å². The van der Waals surface area contributed by atoms with Crippen LogP contribution in [0.3, 0.4) is 0 Å². The second kappa shape index (κ2) is 20.9. The minimum Gasteiger partial charge on any atom is -0.384 e. The number of nitrogens with one attached hydrogen (secondary N) is 3. The van der Waals surface area contributed by atoms with Crippen LogP contribution in [0.15, 0.2) is 48.8 Å². The van der Waals surface area contributed by atoms with Crippen LogP contribution in [0.2, 0.25) is 0 Å². The van der Waals surface area contributed by atoms with Gasteiger partial charge in [0.1, 0.15) is 29.7 Å². The molecule has 69 heavy (non-hydrogen) atoms. The van der Waals surface area contributed by atoms with E-state index in [1.165, 1.54) is 0 Å². The van der Waals surface area contributed by atoms with Crippen LogP contribution in [-0.4, -0.2) is 164 Å². The summed E-state index contributed by atoms with van der Waals surface area (Å²) in [6.07, 6.45) is 6.47. The minimum atomic E-state index is -1.02. The summed E-state index contributed by atoms with van der Waals surface area (Å²) in [5.74, 6) is -0.103. The van der Waals surface area contributed by atoms with Gasteiger partial charge in [-0.1, -0.05) is 12.1 Å². The Morgan fingerprint density at radius 3 is 2.45 bits per heavy atom. The van der Waals surface area contributed by atoms with E-state index in [-0.39, 0.29) is 35.8 Å². The van der Waals surface area contributed by atoms with Crippen molar-refractivity contribution in [1.29, 1.82) is 0 Å². The first-order valence-electron chi connectivity index (χ1n) is 24.4. The first-order valence-corrected chi connectivity index (χ1v) is 24.4. The Kier molecular flexibility index (Phi) is 14.4.